The number of carbonyl (C=O) groups excluding carboxylic acids is 1. The van der Waals surface area contributed by atoms with E-state index in [2.05, 4.69) is 9.98 Å². The van der Waals surface area contributed by atoms with Gasteiger partial charge in [-0.05, 0) is 42.8 Å². The molecule has 3 aromatic rings. The number of amides is 1. The van der Waals surface area contributed by atoms with Crippen molar-refractivity contribution < 1.29 is 14.3 Å². The Labute approximate surface area is 174 Å². The average Bonchev–Trinajstić information content (AvgIpc) is 2.79. The van der Waals surface area contributed by atoms with Gasteiger partial charge in [-0.3, -0.25) is 14.7 Å². The molecule has 0 saturated carbocycles. The minimum absolute atomic E-state index is 0.119. The number of guanidine groups is 1. The Balaban J connectivity index is 1.90. The normalized spacial score (nSPS) is 14.9. The third-order valence-electron chi connectivity index (χ3n) is 5.19. The second kappa shape index (κ2) is 7.87. The summed E-state index contributed by atoms with van der Waals surface area (Å²) in [6.07, 6.45) is 4.17. The summed E-state index contributed by atoms with van der Waals surface area (Å²) in [6, 6.07) is 13.2. The third kappa shape index (κ3) is 3.34. The second-order valence-electron chi connectivity index (χ2n) is 7.01. The number of hydrogen-bond donors (Lipinski definition) is 1. The van der Waals surface area contributed by atoms with E-state index in [4.69, 9.17) is 15.2 Å². The number of rotatable bonds is 4. The number of nitrogens with two attached hydrogens (primary N) is 1. The van der Waals surface area contributed by atoms with Crippen LogP contribution in [0.1, 0.15) is 22.7 Å². The van der Waals surface area contributed by atoms with Crippen LogP contribution in [0, 0.1) is 6.92 Å². The predicted molar refractivity (Wildman–Crippen MR) is 115 cm³/mol. The van der Waals surface area contributed by atoms with Crippen molar-refractivity contribution in [2.45, 2.75) is 13.0 Å². The number of benzene rings is 2. The van der Waals surface area contributed by atoms with Crippen molar-refractivity contribution in [3.8, 4) is 28.4 Å². The van der Waals surface area contributed by atoms with Gasteiger partial charge in [0, 0.05) is 41.7 Å². The SMILES string of the molecule is COc1ccc2c(c1C)Oc1ccc(-c3cccnc3)cc1C2N=C(N)N(C)C=O. The quantitative estimate of drug-likeness (QED) is 0.409. The van der Waals surface area contributed by atoms with E-state index >= 15 is 0 Å². The summed E-state index contributed by atoms with van der Waals surface area (Å²) in [4.78, 5) is 21.3. The summed E-state index contributed by atoms with van der Waals surface area (Å²) in [5, 5.41) is 0. The van der Waals surface area contributed by atoms with Crippen molar-refractivity contribution in [2.75, 3.05) is 14.2 Å². The third-order valence-corrected chi connectivity index (χ3v) is 5.19. The number of ether oxygens (including phenoxy) is 2. The molecule has 1 unspecified atom stereocenters. The number of fused-ring (bicyclic) bond motifs is 2. The van der Waals surface area contributed by atoms with Crippen LogP contribution < -0.4 is 15.2 Å². The summed E-state index contributed by atoms with van der Waals surface area (Å²) in [6.45, 7) is 1.94. The van der Waals surface area contributed by atoms with Gasteiger partial charge in [0.1, 0.15) is 23.3 Å². The highest BCUT2D eigenvalue weighted by molar-refractivity contribution is 5.87. The number of nitrogens with zero attached hydrogens (tertiary/aromatic N) is 3. The first kappa shape index (κ1) is 19.4. The van der Waals surface area contributed by atoms with Gasteiger partial charge in [-0.2, -0.15) is 0 Å². The molecule has 7 heteroatoms. The topological polar surface area (TPSA) is 90.0 Å². The summed E-state index contributed by atoms with van der Waals surface area (Å²) in [7, 11) is 3.19. The fourth-order valence-corrected chi connectivity index (χ4v) is 3.53. The zero-order valence-corrected chi connectivity index (χ0v) is 17.0. The lowest BCUT2D eigenvalue weighted by atomic mass is 9.91. The van der Waals surface area contributed by atoms with Gasteiger partial charge in [-0.15, -0.1) is 0 Å². The summed E-state index contributed by atoms with van der Waals surface area (Å²) in [5.74, 6) is 2.21. The Morgan fingerprint density at radius 1 is 1.23 bits per heavy atom. The van der Waals surface area contributed by atoms with E-state index < -0.39 is 6.04 Å². The molecule has 2 aromatic carbocycles. The van der Waals surface area contributed by atoms with Gasteiger partial charge in [0.25, 0.3) is 0 Å². The number of pyridine rings is 1. The van der Waals surface area contributed by atoms with Crippen LogP contribution in [-0.4, -0.2) is 36.4 Å². The van der Waals surface area contributed by atoms with E-state index in [-0.39, 0.29) is 5.96 Å². The summed E-state index contributed by atoms with van der Waals surface area (Å²) < 4.78 is 11.7. The highest BCUT2D eigenvalue weighted by atomic mass is 16.5. The summed E-state index contributed by atoms with van der Waals surface area (Å²) >= 11 is 0. The highest BCUT2D eigenvalue weighted by Gasteiger charge is 2.30. The Morgan fingerprint density at radius 3 is 2.77 bits per heavy atom. The second-order valence-corrected chi connectivity index (χ2v) is 7.01. The zero-order valence-electron chi connectivity index (χ0n) is 17.0. The number of methoxy groups -OCH3 is 1. The maximum absolute atomic E-state index is 11.2. The molecule has 1 atom stereocenters. The highest BCUT2D eigenvalue weighted by Crippen LogP contribution is 2.49. The molecule has 2 N–H and O–H groups in total. The fourth-order valence-electron chi connectivity index (χ4n) is 3.53. The minimum Gasteiger partial charge on any atom is -0.496 e. The maximum atomic E-state index is 11.2. The Bertz CT molecular complexity index is 1130. The minimum atomic E-state index is -0.438. The Hall–Kier alpha value is -3.87. The molecule has 7 nitrogen and oxygen atoms in total. The van der Waals surface area contributed by atoms with Gasteiger partial charge in [-0.25, -0.2) is 4.99 Å². The van der Waals surface area contributed by atoms with Crippen LogP contribution in [0.3, 0.4) is 0 Å². The summed E-state index contributed by atoms with van der Waals surface area (Å²) in [5.41, 5.74) is 10.6. The predicted octanol–water partition coefficient (Wildman–Crippen LogP) is 3.66. The molecule has 4 rings (SSSR count). The number of aliphatic imine (C=N–C) groups is 1. The average molecular weight is 402 g/mol. The van der Waals surface area contributed by atoms with Gasteiger partial charge >= 0.3 is 0 Å². The zero-order chi connectivity index (χ0) is 21.3. The number of aromatic nitrogens is 1. The van der Waals surface area contributed by atoms with Gasteiger partial charge in [-0.1, -0.05) is 12.1 Å². The molecule has 0 aliphatic carbocycles. The fraction of sp³-hybridized carbons (Fsp3) is 0.174. The van der Waals surface area contributed by atoms with Gasteiger partial charge < -0.3 is 15.2 Å². The molecule has 152 valence electrons. The molecule has 0 radical (unpaired) electrons. The molecule has 1 aliphatic rings. The largest absolute Gasteiger partial charge is 0.496 e. The van der Waals surface area contributed by atoms with Crippen LogP contribution >= 0.6 is 0 Å². The molecule has 0 fully saturated rings. The first-order valence-electron chi connectivity index (χ1n) is 9.44. The van der Waals surface area contributed by atoms with Crippen LogP contribution in [0.4, 0.5) is 0 Å². The Kier molecular flexibility index (Phi) is 5.10. The first-order chi connectivity index (χ1) is 14.5. The van der Waals surface area contributed by atoms with Crippen LogP contribution in [0.2, 0.25) is 0 Å². The number of hydrogen-bond acceptors (Lipinski definition) is 5. The van der Waals surface area contributed by atoms with Crippen molar-refractivity contribution >= 4 is 12.4 Å². The van der Waals surface area contributed by atoms with E-state index in [9.17, 15) is 4.79 Å². The van der Waals surface area contributed by atoms with E-state index in [1.54, 1.807) is 26.6 Å². The van der Waals surface area contributed by atoms with Gasteiger partial charge in [0.05, 0.1) is 7.11 Å². The monoisotopic (exact) mass is 402 g/mol. The van der Waals surface area contributed by atoms with E-state index in [1.807, 2.05) is 49.4 Å². The lowest BCUT2D eigenvalue weighted by Crippen LogP contribution is -2.33. The van der Waals surface area contributed by atoms with Crippen LogP contribution in [-0.2, 0) is 4.79 Å². The maximum Gasteiger partial charge on any atom is 0.216 e. The van der Waals surface area contributed by atoms with Gasteiger partial charge in [0.15, 0.2) is 5.96 Å². The van der Waals surface area contributed by atoms with E-state index in [0.717, 1.165) is 33.6 Å². The van der Waals surface area contributed by atoms with Crippen molar-refractivity contribution in [3.05, 3.63) is 71.5 Å². The molecular formula is C23H22N4O3. The molecule has 1 aliphatic heterocycles. The van der Waals surface area contributed by atoms with E-state index in [0.29, 0.717) is 17.9 Å². The molecule has 30 heavy (non-hydrogen) atoms. The van der Waals surface area contributed by atoms with Crippen molar-refractivity contribution in [3.63, 3.8) is 0 Å². The standard InChI is InChI=1S/C23H22N4O3/c1-14-19(29-3)9-7-17-21(26-23(24)27(2)13-28)18-11-15(16-5-4-10-25-12-16)6-8-20(18)30-22(14)17/h4-13,21H,1-3H3,(H2,24,26). The Morgan fingerprint density at radius 2 is 2.07 bits per heavy atom. The van der Waals surface area contributed by atoms with Crippen molar-refractivity contribution in [2.24, 2.45) is 10.7 Å². The van der Waals surface area contributed by atoms with Crippen LogP contribution in [0.15, 0.2) is 59.9 Å². The molecular weight excluding hydrogens is 380 g/mol. The first-order valence-corrected chi connectivity index (χ1v) is 9.44. The van der Waals surface area contributed by atoms with Crippen molar-refractivity contribution in [1.82, 2.24) is 9.88 Å². The van der Waals surface area contributed by atoms with Gasteiger partial charge in [0.2, 0.25) is 6.41 Å². The molecule has 1 aromatic heterocycles. The molecule has 2 heterocycles. The van der Waals surface area contributed by atoms with Crippen LogP contribution in [0.25, 0.3) is 11.1 Å². The molecule has 0 bridgehead atoms. The lowest BCUT2D eigenvalue weighted by Gasteiger charge is -2.29. The smallest absolute Gasteiger partial charge is 0.216 e. The molecule has 1 amide bonds. The van der Waals surface area contributed by atoms with Crippen LogP contribution in [0.5, 0.6) is 17.2 Å². The number of carbonyl (C=O) groups is 1. The molecule has 0 saturated heterocycles. The van der Waals surface area contributed by atoms with E-state index in [1.165, 1.54) is 4.90 Å². The van der Waals surface area contributed by atoms with Crippen molar-refractivity contribution in [1.29, 1.82) is 0 Å². The lowest BCUT2D eigenvalue weighted by molar-refractivity contribution is -0.114. The molecule has 0 spiro atoms.